The summed E-state index contributed by atoms with van der Waals surface area (Å²) in [5, 5.41) is 0. The van der Waals surface area contributed by atoms with E-state index in [1.165, 1.54) is 17.8 Å². The smallest absolute Gasteiger partial charge is 0.255 e. The van der Waals surface area contributed by atoms with Gasteiger partial charge in [0.05, 0.1) is 5.56 Å². The third-order valence-corrected chi connectivity index (χ3v) is 4.69. The lowest BCUT2D eigenvalue weighted by atomic mass is 9.94. The number of hydrogen-bond donors (Lipinski definition) is 1. The van der Waals surface area contributed by atoms with Gasteiger partial charge < -0.3 is 9.88 Å². The zero-order valence-corrected chi connectivity index (χ0v) is 14.0. The summed E-state index contributed by atoms with van der Waals surface area (Å²) in [5.74, 6) is 0.279. The number of amides is 1. The number of carbonyl (C=O) groups excluding carboxylic acids is 1. The van der Waals surface area contributed by atoms with Crippen molar-refractivity contribution in [3.8, 4) is 0 Å². The number of carbonyl (C=O) groups is 1. The Balaban J connectivity index is 1.73. The summed E-state index contributed by atoms with van der Waals surface area (Å²) in [6, 6.07) is 7.26. The Hall–Kier alpha value is -2.47. The third-order valence-electron chi connectivity index (χ3n) is 4.69. The number of nitrogens with one attached hydrogen (secondary N) is 1. The van der Waals surface area contributed by atoms with Gasteiger partial charge in [0.25, 0.3) is 5.91 Å². The molecule has 1 saturated heterocycles. The van der Waals surface area contributed by atoms with E-state index in [4.69, 9.17) is 0 Å². The number of aromatic amines is 1. The van der Waals surface area contributed by atoms with E-state index >= 15 is 0 Å². The molecule has 6 heteroatoms. The maximum Gasteiger partial charge on any atom is 0.255 e. The summed E-state index contributed by atoms with van der Waals surface area (Å²) >= 11 is 0. The van der Waals surface area contributed by atoms with Gasteiger partial charge in [0.2, 0.25) is 5.56 Å². The van der Waals surface area contributed by atoms with Crippen molar-refractivity contribution < 1.29 is 4.79 Å². The Labute approximate surface area is 141 Å². The van der Waals surface area contributed by atoms with Crippen molar-refractivity contribution in [2.75, 3.05) is 27.2 Å². The molecule has 0 aromatic carbocycles. The largest absolute Gasteiger partial charge is 0.341 e. The van der Waals surface area contributed by atoms with Crippen LogP contribution in [0.5, 0.6) is 0 Å². The Bertz CT molecular complexity index is 739. The molecular formula is C18H22N4O2. The second-order valence-corrected chi connectivity index (χ2v) is 6.39. The summed E-state index contributed by atoms with van der Waals surface area (Å²) in [5.41, 5.74) is 1.48. The van der Waals surface area contributed by atoms with Gasteiger partial charge >= 0.3 is 0 Å². The maximum atomic E-state index is 12.5. The SMILES string of the molecule is CN(C[C@@H]1CCN(C)[C@H]1c1cccnc1)C(=O)c1ccc(=O)[nH]c1. The number of H-pyrrole nitrogens is 1. The van der Waals surface area contributed by atoms with E-state index in [9.17, 15) is 9.59 Å². The highest BCUT2D eigenvalue weighted by molar-refractivity contribution is 5.93. The number of rotatable bonds is 4. The Morgan fingerprint density at radius 2 is 2.25 bits per heavy atom. The second kappa shape index (κ2) is 6.97. The van der Waals surface area contributed by atoms with Crippen LogP contribution in [0.1, 0.15) is 28.4 Å². The fourth-order valence-corrected chi connectivity index (χ4v) is 3.49. The van der Waals surface area contributed by atoms with E-state index in [2.05, 4.69) is 28.0 Å². The summed E-state index contributed by atoms with van der Waals surface area (Å²) in [4.78, 5) is 34.5. The van der Waals surface area contributed by atoms with Crippen molar-refractivity contribution in [3.05, 3.63) is 64.3 Å². The van der Waals surface area contributed by atoms with Crippen molar-refractivity contribution in [1.82, 2.24) is 19.8 Å². The van der Waals surface area contributed by atoms with E-state index in [0.717, 1.165) is 13.0 Å². The van der Waals surface area contributed by atoms with Crippen LogP contribution < -0.4 is 5.56 Å². The molecule has 126 valence electrons. The molecule has 1 N–H and O–H groups in total. The predicted molar refractivity (Wildman–Crippen MR) is 91.7 cm³/mol. The molecule has 0 spiro atoms. The van der Waals surface area contributed by atoms with Crippen LogP contribution >= 0.6 is 0 Å². The van der Waals surface area contributed by atoms with Gasteiger partial charge in [-0.05, 0) is 43.6 Å². The molecule has 1 aliphatic heterocycles. The van der Waals surface area contributed by atoms with Crippen LogP contribution in [0.15, 0.2) is 47.7 Å². The highest BCUT2D eigenvalue weighted by Crippen LogP contribution is 2.36. The fraction of sp³-hybridized carbons (Fsp3) is 0.389. The standard InChI is InChI=1S/C18H22N4O2/c1-21-9-7-15(17(21)13-4-3-8-19-10-13)12-22(2)18(24)14-5-6-16(23)20-11-14/h3-6,8,10-11,15,17H,7,9,12H2,1-2H3,(H,20,23)/t15-,17-/m0/s1. The first-order valence-corrected chi connectivity index (χ1v) is 8.10. The van der Waals surface area contributed by atoms with E-state index in [1.54, 1.807) is 17.2 Å². The highest BCUT2D eigenvalue weighted by atomic mass is 16.2. The molecule has 2 aromatic heterocycles. The maximum absolute atomic E-state index is 12.5. The molecule has 1 amide bonds. The van der Waals surface area contributed by atoms with Crippen LogP contribution in [0, 0.1) is 5.92 Å². The van der Waals surface area contributed by atoms with Crippen LogP contribution in [-0.4, -0.2) is 52.9 Å². The molecule has 0 aliphatic carbocycles. The van der Waals surface area contributed by atoms with Gasteiger partial charge in [0.15, 0.2) is 0 Å². The highest BCUT2D eigenvalue weighted by Gasteiger charge is 2.34. The van der Waals surface area contributed by atoms with Gasteiger partial charge in [-0.2, -0.15) is 0 Å². The molecule has 3 heterocycles. The average Bonchev–Trinajstić information content (AvgIpc) is 2.96. The van der Waals surface area contributed by atoms with Gasteiger partial charge in [0.1, 0.15) is 0 Å². The number of likely N-dealkylation sites (tertiary alicyclic amines) is 1. The van der Waals surface area contributed by atoms with E-state index in [0.29, 0.717) is 18.0 Å². The lowest BCUT2D eigenvalue weighted by Gasteiger charge is -2.28. The number of aromatic nitrogens is 2. The molecule has 2 aromatic rings. The summed E-state index contributed by atoms with van der Waals surface area (Å²) in [7, 11) is 3.92. The summed E-state index contributed by atoms with van der Waals surface area (Å²) < 4.78 is 0. The van der Waals surface area contributed by atoms with Gasteiger partial charge in [0, 0.05) is 44.3 Å². The van der Waals surface area contributed by atoms with Crippen LogP contribution in [0.4, 0.5) is 0 Å². The zero-order valence-electron chi connectivity index (χ0n) is 14.0. The quantitative estimate of drug-likeness (QED) is 0.925. The minimum atomic E-state index is -0.205. The zero-order chi connectivity index (χ0) is 17.1. The van der Waals surface area contributed by atoms with Crippen molar-refractivity contribution in [3.63, 3.8) is 0 Å². The molecule has 2 atom stereocenters. The van der Waals surface area contributed by atoms with Crippen molar-refractivity contribution in [1.29, 1.82) is 0 Å². The van der Waals surface area contributed by atoms with Crippen LogP contribution in [0.3, 0.4) is 0 Å². The first kappa shape index (κ1) is 16.4. The number of pyridine rings is 2. The van der Waals surface area contributed by atoms with E-state index < -0.39 is 0 Å². The van der Waals surface area contributed by atoms with Gasteiger partial charge in [-0.3, -0.25) is 19.5 Å². The van der Waals surface area contributed by atoms with E-state index in [1.807, 2.05) is 19.3 Å². The van der Waals surface area contributed by atoms with Crippen LogP contribution in [-0.2, 0) is 0 Å². The molecule has 1 aliphatic rings. The Morgan fingerprint density at radius 3 is 2.92 bits per heavy atom. The van der Waals surface area contributed by atoms with Crippen LogP contribution in [0.25, 0.3) is 0 Å². The first-order valence-electron chi connectivity index (χ1n) is 8.10. The minimum absolute atomic E-state index is 0.0780. The molecule has 3 rings (SSSR count). The van der Waals surface area contributed by atoms with Crippen molar-refractivity contribution in [2.45, 2.75) is 12.5 Å². The molecule has 1 fully saturated rings. The fourth-order valence-electron chi connectivity index (χ4n) is 3.49. The number of nitrogens with zero attached hydrogens (tertiary/aromatic N) is 3. The molecule has 0 unspecified atom stereocenters. The Morgan fingerprint density at radius 1 is 1.42 bits per heavy atom. The molecule has 0 saturated carbocycles. The van der Waals surface area contributed by atoms with Crippen molar-refractivity contribution >= 4 is 5.91 Å². The number of hydrogen-bond acceptors (Lipinski definition) is 4. The lowest BCUT2D eigenvalue weighted by Crippen LogP contribution is -2.34. The summed E-state index contributed by atoms with van der Waals surface area (Å²) in [6.07, 6.45) is 6.20. The normalized spacial score (nSPS) is 20.9. The first-order chi connectivity index (χ1) is 11.6. The monoisotopic (exact) mass is 326 g/mol. The van der Waals surface area contributed by atoms with Gasteiger partial charge in [-0.25, -0.2) is 0 Å². The Kier molecular flexibility index (Phi) is 4.76. The average molecular weight is 326 g/mol. The molecule has 0 radical (unpaired) electrons. The van der Waals surface area contributed by atoms with Gasteiger partial charge in [-0.15, -0.1) is 0 Å². The topological polar surface area (TPSA) is 69.3 Å². The van der Waals surface area contributed by atoms with Crippen molar-refractivity contribution in [2.24, 2.45) is 5.92 Å². The predicted octanol–water partition coefficient (Wildman–Crippen LogP) is 1.53. The molecule has 0 bridgehead atoms. The van der Waals surface area contributed by atoms with E-state index in [-0.39, 0.29) is 17.5 Å². The third kappa shape index (κ3) is 3.38. The van der Waals surface area contributed by atoms with Gasteiger partial charge in [-0.1, -0.05) is 6.07 Å². The lowest BCUT2D eigenvalue weighted by molar-refractivity contribution is 0.0760. The molecule has 6 nitrogen and oxygen atoms in total. The minimum Gasteiger partial charge on any atom is -0.341 e. The molecular weight excluding hydrogens is 304 g/mol. The summed E-state index contributed by atoms with van der Waals surface area (Å²) in [6.45, 7) is 1.67. The van der Waals surface area contributed by atoms with Crippen LogP contribution in [0.2, 0.25) is 0 Å². The molecule has 24 heavy (non-hydrogen) atoms. The second-order valence-electron chi connectivity index (χ2n) is 6.39.